The molecule has 1 saturated heterocycles. The van der Waals surface area contributed by atoms with E-state index >= 15 is 0 Å². The van der Waals surface area contributed by atoms with E-state index in [1.807, 2.05) is 48.5 Å². The van der Waals surface area contributed by atoms with Crippen LogP contribution < -0.4 is 10.2 Å². The molecule has 0 aliphatic carbocycles. The van der Waals surface area contributed by atoms with E-state index < -0.39 is 0 Å². The highest BCUT2D eigenvalue weighted by molar-refractivity contribution is 6.36. The van der Waals surface area contributed by atoms with Crippen LogP contribution in [0.25, 0.3) is 0 Å². The second-order valence-electron chi connectivity index (χ2n) is 8.01. The van der Waals surface area contributed by atoms with Gasteiger partial charge in [-0.1, -0.05) is 53.0 Å². The standard InChI is InChI=1S/C25H24Cl3N3O/c26-19-6-4-18(5-7-19)24-15-21(30-25(32)10-3-17-2-1-12-29-16-17)11-13-31(24)23-9-8-20(27)14-22(23)28/h1-2,4-9,12,14,16,21,24H,3,10-11,13,15H2,(H,30,32)/t21-,24+/m1/s1. The van der Waals surface area contributed by atoms with Gasteiger partial charge in [-0.2, -0.15) is 0 Å². The minimum Gasteiger partial charge on any atom is -0.363 e. The highest BCUT2D eigenvalue weighted by Crippen LogP contribution is 2.39. The minimum absolute atomic E-state index is 0.0586. The zero-order valence-corrected chi connectivity index (χ0v) is 19.7. The summed E-state index contributed by atoms with van der Waals surface area (Å²) in [6.45, 7) is 0.766. The maximum absolute atomic E-state index is 12.6. The first-order valence-electron chi connectivity index (χ1n) is 10.6. The van der Waals surface area contributed by atoms with E-state index in [2.05, 4.69) is 15.2 Å². The largest absolute Gasteiger partial charge is 0.363 e. The lowest BCUT2D eigenvalue weighted by Crippen LogP contribution is -2.46. The summed E-state index contributed by atoms with van der Waals surface area (Å²) in [4.78, 5) is 19.0. The molecule has 4 nitrogen and oxygen atoms in total. The van der Waals surface area contributed by atoms with Crippen molar-refractivity contribution in [1.82, 2.24) is 10.3 Å². The van der Waals surface area contributed by atoms with E-state index in [-0.39, 0.29) is 18.0 Å². The van der Waals surface area contributed by atoms with Crippen molar-refractivity contribution < 1.29 is 4.79 Å². The van der Waals surface area contributed by atoms with Crippen molar-refractivity contribution in [3.8, 4) is 0 Å². The fraction of sp³-hybridized carbons (Fsp3) is 0.280. The van der Waals surface area contributed by atoms with Crippen molar-refractivity contribution in [2.75, 3.05) is 11.4 Å². The molecule has 0 spiro atoms. The Bertz CT molecular complexity index is 1060. The third-order valence-corrected chi connectivity index (χ3v) is 6.59. The van der Waals surface area contributed by atoms with E-state index in [1.54, 1.807) is 18.5 Å². The Labute approximate surface area is 203 Å². The van der Waals surface area contributed by atoms with Gasteiger partial charge >= 0.3 is 0 Å². The SMILES string of the molecule is O=C(CCc1cccnc1)N[C@@H]1CCN(c2ccc(Cl)cc2Cl)[C@H](c2ccc(Cl)cc2)C1. The molecule has 1 aliphatic heterocycles. The summed E-state index contributed by atoms with van der Waals surface area (Å²) in [5.74, 6) is 0.0617. The average molecular weight is 489 g/mol. The molecular formula is C25H24Cl3N3O. The Balaban J connectivity index is 1.48. The van der Waals surface area contributed by atoms with Crippen molar-refractivity contribution in [3.05, 3.63) is 93.2 Å². The molecule has 0 unspecified atom stereocenters. The molecule has 166 valence electrons. The number of hydrogen-bond acceptors (Lipinski definition) is 3. The van der Waals surface area contributed by atoms with Crippen LogP contribution in [-0.2, 0) is 11.2 Å². The molecule has 1 amide bonds. The first-order chi connectivity index (χ1) is 15.5. The number of benzene rings is 2. The number of carbonyl (C=O) groups is 1. The lowest BCUT2D eigenvalue weighted by atomic mass is 9.91. The Morgan fingerprint density at radius 3 is 2.56 bits per heavy atom. The maximum Gasteiger partial charge on any atom is 0.220 e. The van der Waals surface area contributed by atoms with Gasteiger partial charge in [0, 0.05) is 41.4 Å². The molecular weight excluding hydrogens is 465 g/mol. The van der Waals surface area contributed by atoms with Crippen LogP contribution in [0.3, 0.4) is 0 Å². The molecule has 7 heteroatoms. The van der Waals surface area contributed by atoms with E-state index in [1.165, 1.54) is 0 Å². The monoisotopic (exact) mass is 487 g/mol. The second-order valence-corrected chi connectivity index (χ2v) is 9.29. The number of aromatic nitrogens is 1. The van der Waals surface area contributed by atoms with Crippen LogP contribution >= 0.6 is 34.8 Å². The molecule has 0 radical (unpaired) electrons. The molecule has 2 atom stereocenters. The molecule has 2 aromatic carbocycles. The third-order valence-electron chi connectivity index (χ3n) is 5.81. The number of rotatable bonds is 6. The van der Waals surface area contributed by atoms with Gasteiger partial charge in [-0.15, -0.1) is 0 Å². The number of nitrogens with zero attached hydrogens (tertiary/aromatic N) is 2. The number of aryl methyl sites for hydroxylation is 1. The normalized spacial score (nSPS) is 18.4. The molecule has 0 saturated carbocycles. The van der Waals surface area contributed by atoms with Gasteiger partial charge in [0.1, 0.15) is 0 Å². The van der Waals surface area contributed by atoms with Gasteiger partial charge in [-0.25, -0.2) is 0 Å². The van der Waals surface area contributed by atoms with Gasteiger partial charge in [0.2, 0.25) is 5.91 Å². The van der Waals surface area contributed by atoms with Crippen molar-refractivity contribution in [3.63, 3.8) is 0 Å². The fourth-order valence-corrected chi connectivity index (χ4v) is 4.85. The van der Waals surface area contributed by atoms with Gasteiger partial charge in [-0.3, -0.25) is 9.78 Å². The van der Waals surface area contributed by atoms with Crippen LogP contribution in [0, 0.1) is 0 Å². The Morgan fingerprint density at radius 1 is 1.06 bits per heavy atom. The molecule has 3 aromatic rings. The predicted octanol–water partition coefficient (Wildman–Crippen LogP) is 6.50. The molecule has 2 heterocycles. The van der Waals surface area contributed by atoms with Crippen molar-refractivity contribution in [2.24, 2.45) is 0 Å². The number of piperidine rings is 1. The zero-order chi connectivity index (χ0) is 22.5. The lowest BCUT2D eigenvalue weighted by molar-refractivity contribution is -0.121. The fourth-order valence-electron chi connectivity index (χ4n) is 4.20. The van der Waals surface area contributed by atoms with Gasteiger partial charge in [0.15, 0.2) is 0 Å². The predicted molar refractivity (Wildman–Crippen MR) is 132 cm³/mol. The van der Waals surface area contributed by atoms with Crippen LogP contribution in [0.15, 0.2) is 67.0 Å². The highest BCUT2D eigenvalue weighted by Gasteiger charge is 2.31. The van der Waals surface area contributed by atoms with Crippen LogP contribution in [0.4, 0.5) is 5.69 Å². The van der Waals surface area contributed by atoms with Crippen molar-refractivity contribution in [1.29, 1.82) is 0 Å². The number of nitrogens with one attached hydrogen (secondary N) is 1. The first-order valence-corrected chi connectivity index (χ1v) is 11.8. The Hall–Kier alpha value is -2.27. The zero-order valence-electron chi connectivity index (χ0n) is 17.5. The molecule has 1 fully saturated rings. The van der Waals surface area contributed by atoms with Crippen LogP contribution in [0.5, 0.6) is 0 Å². The third kappa shape index (κ3) is 5.74. The van der Waals surface area contributed by atoms with Crippen LogP contribution in [0.2, 0.25) is 15.1 Å². The molecule has 1 aliphatic rings. The molecule has 4 rings (SSSR count). The lowest BCUT2D eigenvalue weighted by Gasteiger charge is -2.42. The number of amides is 1. The summed E-state index contributed by atoms with van der Waals surface area (Å²) in [6, 6.07) is 17.5. The van der Waals surface area contributed by atoms with E-state index in [0.717, 1.165) is 36.2 Å². The van der Waals surface area contributed by atoms with E-state index in [4.69, 9.17) is 34.8 Å². The smallest absolute Gasteiger partial charge is 0.220 e. The molecule has 32 heavy (non-hydrogen) atoms. The minimum atomic E-state index is 0.0586. The summed E-state index contributed by atoms with van der Waals surface area (Å²) in [5.41, 5.74) is 3.14. The average Bonchev–Trinajstić information content (AvgIpc) is 2.79. The maximum atomic E-state index is 12.6. The Kier molecular flexibility index (Phi) is 7.56. The summed E-state index contributed by atoms with van der Waals surface area (Å²) in [7, 11) is 0. The summed E-state index contributed by atoms with van der Waals surface area (Å²) >= 11 is 18.8. The molecule has 1 N–H and O–H groups in total. The van der Waals surface area contributed by atoms with Crippen LogP contribution in [-0.4, -0.2) is 23.5 Å². The van der Waals surface area contributed by atoms with Gasteiger partial charge < -0.3 is 10.2 Å². The summed E-state index contributed by atoms with van der Waals surface area (Å²) in [6.07, 6.45) is 6.28. The summed E-state index contributed by atoms with van der Waals surface area (Å²) in [5, 5.41) is 5.15. The summed E-state index contributed by atoms with van der Waals surface area (Å²) < 4.78 is 0. The second kappa shape index (κ2) is 10.6. The van der Waals surface area contributed by atoms with Gasteiger partial charge in [0.05, 0.1) is 16.8 Å². The number of hydrogen-bond donors (Lipinski definition) is 1. The number of halogens is 3. The quantitative estimate of drug-likeness (QED) is 0.431. The number of anilines is 1. The number of carbonyl (C=O) groups excluding carboxylic acids is 1. The highest BCUT2D eigenvalue weighted by atomic mass is 35.5. The molecule has 1 aromatic heterocycles. The molecule has 0 bridgehead atoms. The van der Waals surface area contributed by atoms with Crippen molar-refractivity contribution >= 4 is 46.4 Å². The van der Waals surface area contributed by atoms with Gasteiger partial charge in [0.25, 0.3) is 0 Å². The van der Waals surface area contributed by atoms with Crippen molar-refractivity contribution in [2.45, 2.75) is 37.8 Å². The van der Waals surface area contributed by atoms with E-state index in [9.17, 15) is 4.79 Å². The van der Waals surface area contributed by atoms with Crippen LogP contribution in [0.1, 0.15) is 36.4 Å². The topological polar surface area (TPSA) is 45.2 Å². The first kappa shape index (κ1) is 22.9. The van der Waals surface area contributed by atoms with E-state index in [0.29, 0.717) is 27.9 Å². The Morgan fingerprint density at radius 2 is 1.84 bits per heavy atom. The number of pyridine rings is 1. The van der Waals surface area contributed by atoms with Gasteiger partial charge in [-0.05, 0) is 66.8 Å².